The van der Waals surface area contributed by atoms with Crippen LogP contribution < -0.4 is 5.32 Å². The van der Waals surface area contributed by atoms with Crippen molar-refractivity contribution in [3.63, 3.8) is 0 Å². The fourth-order valence-electron chi connectivity index (χ4n) is 2.62. The number of nitrogens with one attached hydrogen (secondary N) is 1. The minimum absolute atomic E-state index is 0.122. The van der Waals surface area contributed by atoms with Crippen LogP contribution in [0.3, 0.4) is 0 Å². The van der Waals surface area contributed by atoms with Gasteiger partial charge in [-0.3, -0.25) is 4.79 Å². The molecule has 0 fully saturated rings. The predicted octanol–water partition coefficient (Wildman–Crippen LogP) is 4.15. The van der Waals surface area contributed by atoms with Crippen molar-refractivity contribution in [3.05, 3.63) is 82.9 Å². The van der Waals surface area contributed by atoms with E-state index in [4.69, 9.17) is 4.42 Å². The van der Waals surface area contributed by atoms with Gasteiger partial charge < -0.3 is 9.73 Å². The van der Waals surface area contributed by atoms with Gasteiger partial charge >= 0.3 is 0 Å². The molecule has 134 valence electrons. The number of benzene rings is 1. The van der Waals surface area contributed by atoms with Gasteiger partial charge in [-0.1, -0.05) is 18.2 Å². The Morgan fingerprint density at radius 3 is 2.77 bits per heavy atom. The average molecular weight is 367 g/mol. The molecule has 3 aromatic rings. The summed E-state index contributed by atoms with van der Waals surface area (Å²) >= 11 is 1.52. The van der Waals surface area contributed by atoms with Crippen molar-refractivity contribution < 1.29 is 9.21 Å². The molecular formula is C20H21N3O2S. The first kappa shape index (κ1) is 18.1. The zero-order chi connectivity index (χ0) is 18.4. The normalized spacial score (nSPS) is 11.2. The Balaban J connectivity index is 1.56. The molecular weight excluding hydrogens is 346 g/mol. The maximum Gasteiger partial charge on any atom is 0.244 e. The molecule has 5 nitrogen and oxygen atoms in total. The molecule has 1 amide bonds. The summed E-state index contributed by atoms with van der Waals surface area (Å²) in [6, 6.07) is 13.7. The van der Waals surface area contributed by atoms with E-state index in [0.717, 1.165) is 28.4 Å². The highest BCUT2D eigenvalue weighted by molar-refractivity contribution is 8.01. The number of aryl methyl sites for hydroxylation is 1. The molecule has 0 radical (unpaired) electrons. The van der Waals surface area contributed by atoms with E-state index in [-0.39, 0.29) is 5.91 Å². The summed E-state index contributed by atoms with van der Waals surface area (Å²) in [5.74, 6) is 1.47. The van der Waals surface area contributed by atoms with E-state index in [1.165, 1.54) is 11.8 Å². The molecule has 0 unspecified atom stereocenters. The molecule has 0 aliphatic heterocycles. The number of carbonyl (C=O) groups excluding carboxylic acids is 1. The lowest BCUT2D eigenvalue weighted by Gasteiger charge is -2.06. The summed E-state index contributed by atoms with van der Waals surface area (Å²) in [4.78, 5) is 12.0. The van der Waals surface area contributed by atoms with Gasteiger partial charge in [0.15, 0.2) is 0 Å². The fraction of sp³-hybridized carbons (Fsp3) is 0.200. The van der Waals surface area contributed by atoms with Gasteiger partial charge in [0, 0.05) is 23.9 Å². The lowest BCUT2D eigenvalue weighted by molar-refractivity contribution is -0.116. The van der Waals surface area contributed by atoms with Gasteiger partial charge in [-0.05, 0) is 43.5 Å². The third-order valence-corrected chi connectivity index (χ3v) is 4.78. The third kappa shape index (κ3) is 4.46. The molecule has 1 aromatic carbocycles. The highest BCUT2D eigenvalue weighted by atomic mass is 32.2. The van der Waals surface area contributed by atoms with E-state index in [1.54, 1.807) is 17.7 Å². The zero-order valence-corrected chi connectivity index (χ0v) is 15.6. The van der Waals surface area contributed by atoms with Crippen LogP contribution in [0.2, 0.25) is 0 Å². The number of para-hydroxylation sites is 1. The van der Waals surface area contributed by atoms with Crippen LogP contribution in [0, 0.1) is 13.8 Å². The van der Waals surface area contributed by atoms with Crippen molar-refractivity contribution in [1.29, 1.82) is 0 Å². The molecule has 2 aromatic heterocycles. The number of furan rings is 1. The Hall–Kier alpha value is -2.73. The fourth-order valence-corrected chi connectivity index (χ4v) is 3.27. The summed E-state index contributed by atoms with van der Waals surface area (Å²) in [6.45, 7) is 4.43. The molecule has 0 saturated heterocycles. The van der Waals surface area contributed by atoms with Crippen LogP contribution in [0.5, 0.6) is 0 Å². The molecule has 1 N–H and O–H groups in total. The van der Waals surface area contributed by atoms with E-state index in [9.17, 15) is 4.79 Å². The molecule has 0 aliphatic rings. The Bertz CT molecular complexity index is 883. The predicted molar refractivity (Wildman–Crippen MR) is 104 cm³/mol. The molecule has 3 rings (SSSR count). The van der Waals surface area contributed by atoms with Crippen LogP contribution in [-0.2, 0) is 17.1 Å². The Labute approximate surface area is 157 Å². The van der Waals surface area contributed by atoms with E-state index in [1.807, 2.05) is 61.0 Å². The van der Waals surface area contributed by atoms with Crippen LogP contribution in [0.1, 0.15) is 22.7 Å². The first-order valence-corrected chi connectivity index (χ1v) is 9.39. The summed E-state index contributed by atoms with van der Waals surface area (Å²) in [5, 5.41) is 9.30. The quantitative estimate of drug-likeness (QED) is 0.638. The van der Waals surface area contributed by atoms with Gasteiger partial charge in [0.25, 0.3) is 0 Å². The zero-order valence-electron chi connectivity index (χ0n) is 14.8. The SMILES string of the molecule is Cc1nn(-c2ccccc2)c(C)c1CNC(=O)/C=C/SCc1ccco1. The second kappa shape index (κ2) is 8.58. The van der Waals surface area contributed by atoms with E-state index >= 15 is 0 Å². The lowest BCUT2D eigenvalue weighted by Crippen LogP contribution is -2.21. The van der Waals surface area contributed by atoms with Crippen molar-refractivity contribution in [1.82, 2.24) is 15.1 Å². The summed E-state index contributed by atoms with van der Waals surface area (Å²) in [6.07, 6.45) is 3.19. The topological polar surface area (TPSA) is 60.1 Å². The van der Waals surface area contributed by atoms with Crippen LogP contribution in [0.25, 0.3) is 5.69 Å². The number of hydrogen-bond donors (Lipinski definition) is 1. The number of rotatable bonds is 7. The van der Waals surface area contributed by atoms with E-state index in [0.29, 0.717) is 12.3 Å². The summed E-state index contributed by atoms with van der Waals surface area (Å²) in [7, 11) is 0. The molecule has 0 aliphatic carbocycles. The third-order valence-electron chi connectivity index (χ3n) is 4.00. The van der Waals surface area contributed by atoms with Crippen LogP contribution in [0.4, 0.5) is 0 Å². The monoisotopic (exact) mass is 367 g/mol. The maximum atomic E-state index is 12.0. The van der Waals surface area contributed by atoms with Gasteiger partial charge in [0.2, 0.25) is 5.91 Å². The van der Waals surface area contributed by atoms with Gasteiger partial charge in [-0.15, -0.1) is 11.8 Å². The van der Waals surface area contributed by atoms with Crippen LogP contribution >= 0.6 is 11.8 Å². The smallest absolute Gasteiger partial charge is 0.244 e. The molecule has 26 heavy (non-hydrogen) atoms. The molecule has 0 atom stereocenters. The summed E-state index contributed by atoms with van der Waals surface area (Å²) in [5.41, 5.74) is 4.01. The largest absolute Gasteiger partial charge is 0.468 e. The van der Waals surface area contributed by atoms with Crippen molar-refractivity contribution >= 4 is 17.7 Å². The molecule has 0 saturated carbocycles. The number of thioether (sulfide) groups is 1. The summed E-state index contributed by atoms with van der Waals surface area (Å²) < 4.78 is 7.16. The van der Waals surface area contributed by atoms with Crippen molar-refractivity contribution in [2.45, 2.75) is 26.1 Å². The number of carbonyl (C=O) groups is 1. The first-order valence-electron chi connectivity index (χ1n) is 8.34. The molecule has 6 heteroatoms. The van der Waals surface area contributed by atoms with Crippen LogP contribution in [-0.4, -0.2) is 15.7 Å². The van der Waals surface area contributed by atoms with Crippen molar-refractivity contribution in [2.75, 3.05) is 0 Å². The molecule has 2 heterocycles. The van der Waals surface area contributed by atoms with E-state index in [2.05, 4.69) is 10.4 Å². The van der Waals surface area contributed by atoms with Gasteiger partial charge in [0.1, 0.15) is 5.76 Å². The second-order valence-electron chi connectivity index (χ2n) is 5.81. The molecule has 0 spiro atoms. The Kier molecular flexibility index (Phi) is 5.96. The highest BCUT2D eigenvalue weighted by Crippen LogP contribution is 2.18. The number of nitrogens with zero attached hydrogens (tertiary/aromatic N) is 2. The lowest BCUT2D eigenvalue weighted by atomic mass is 10.2. The van der Waals surface area contributed by atoms with Gasteiger partial charge in [-0.2, -0.15) is 5.10 Å². The van der Waals surface area contributed by atoms with Gasteiger partial charge in [0.05, 0.1) is 23.4 Å². The minimum atomic E-state index is -0.122. The Morgan fingerprint density at radius 2 is 2.04 bits per heavy atom. The number of hydrogen-bond acceptors (Lipinski definition) is 4. The number of aromatic nitrogens is 2. The number of amides is 1. The van der Waals surface area contributed by atoms with Gasteiger partial charge in [-0.25, -0.2) is 4.68 Å². The standard InChI is InChI=1S/C20H21N3O2S/c1-15-19(16(2)23(22-15)17-7-4-3-5-8-17)13-21-20(24)10-12-26-14-18-9-6-11-25-18/h3-12H,13-14H2,1-2H3,(H,21,24)/b12-10+. The maximum absolute atomic E-state index is 12.0. The minimum Gasteiger partial charge on any atom is -0.468 e. The molecule has 0 bridgehead atoms. The van der Waals surface area contributed by atoms with Crippen LogP contribution in [0.15, 0.2) is 64.6 Å². The second-order valence-corrected chi connectivity index (χ2v) is 6.70. The van der Waals surface area contributed by atoms with Crippen molar-refractivity contribution in [2.24, 2.45) is 0 Å². The average Bonchev–Trinajstić information content (AvgIpc) is 3.26. The highest BCUT2D eigenvalue weighted by Gasteiger charge is 2.12. The van der Waals surface area contributed by atoms with E-state index < -0.39 is 0 Å². The van der Waals surface area contributed by atoms with Crippen molar-refractivity contribution in [3.8, 4) is 5.69 Å². The Morgan fingerprint density at radius 1 is 1.23 bits per heavy atom. The first-order chi connectivity index (χ1) is 12.6.